The largest absolute Gasteiger partial charge is 0.465 e. The Morgan fingerprint density at radius 3 is 2.41 bits per heavy atom. The van der Waals surface area contributed by atoms with Gasteiger partial charge in [0.2, 0.25) is 0 Å². The number of nitrogens with two attached hydrogens (primary N) is 1. The number of nitrogens with zero attached hydrogens (tertiary/aromatic N) is 1. The number of rotatable bonds is 14. The molecule has 9 nitrogen and oxygen atoms in total. The summed E-state index contributed by atoms with van der Waals surface area (Å²) in [7, 11) is 0. The van der Waals surface area contributed by atoms with Gasteiger partial charge in [-0.15, -0.1) is 11.3 Å². The summed E-state index contributed by atoms with van der Waals surface area (Å²) in [5.74, 6) is 0. The number of nitrogens with one attached hydrogen (secondary N) is 2. The van der Waals surface area contributed by atoms with E-state index in [0.717, 1.165) is 16.0 Å². The Bertz CT molecular complexity index is 1130. The first-order chi connectivity index (χ1) is 17.9. The number of hydrogen-bond acceptors (Lipinski definition) is 7. The molecule has 37 heavy (non-hydrogen) atoms. The minimum Gasteiger partial charge on any atom is -0.465 e. The minimum atomic E-state index is -1.45. The highest BCUT2D eigenvalue weighted by atomic mass is 32.1. The molecule has 1 atom stereocenters. The third-order valence-electron chi connectivity index (χ3n) is 5.83. The summed E-state index contributed by atoms with van der Waals surface area (Å²) < 4.78 is 5.21. The van der Waals surface area contributed by atoms with Crippen LogP contribution < -0.4 is 16.4 Å². The maximum absolute atomic E-state index is 12.5. The minimum absolute atomic E-state index is 0.173. The molecule has 3 rings (SSSR count). The number of alkyl carbamates (subject to hydrolysis) is 1. The lowest BCUT2D eigenvalue weighted by atomic mass is 10.00. The van der Waals surface area contributed by atoms with Gasteiger partial charge in [-0.25, -0.2) is 9.59 Å². The Kier molecular flexibility index (Phi) is 10.5. The van der Waals surface area contributed by atoms with Gasteiger partial charge in [-0.1, -0.05) is 48.5 Å². The number of ether oxygens (including phenoxy) is 1. The van der Waals surface area contributed by atoms with Gasteiger partial charge in [-0.05, 0) is 54.0 Å². The number of hydrogen-bond donors (Lipinski definition) is 4. The molecule has 0 fully saturated rings. The first-order valence-electron chi connectivity index (χ1n) is 11.9. The second kappa shape index (κ2) is 14.0. The molecule has 0 radical (unpaired) electrons. The first-order valence-corrected chi connectivity index (χ1v) is 12.8. The van der Waals surface area contributed by atoms with Gasteiger partial charge in [0.1, 0.15) is 6.61 Å². The molecule has 1 heterocycles. The smallest absolute Gasteiger partial charge is 0.407 e. The van der Waals surface area contributed by atoms with Crippen molar-refractivity contribution in [1.29, 1.82) is 0 Å². The van der Waals surface area contributed by atoms with Gasteiger partial charge in [-0.2, -0.15) is 0 Å². The monoisotopic (exact) mass is 524 g/mol. The maximum Gasteiger partial charge on any atom is 0.407 e. The van der Waals surface area contributed by atoms with E-state index in [1.807, 2.05) is 64.9 Å². The number of carbonyl (C=O) groups excluding carboxylic acids is 2. The Morgan fingerprint density at radius 1 is 1.00 bits per heavy atom. The highest BCUT2D eigenvalue weighted by Crippen LogP contribution is 2.25. The molecule has 2 amide bonds. The second-order valence-corrected chi connectivity index (χ2v) is 9.63. The van der Waals surface area contributed by atoms with Gasteiger partial charge in [0, 0.05) is 30.2 Å². The van der Waals surface area contributed by atoms with E-state index in [-0.39, 0.29) is 13.0 Å². The van der Waals surface area contributed by atoms with Gasteiger partial charge in [-0.3, -0.25) is 15.0 Å². The lowest BCUT2D eigenvalue weighted by Crippen LogP contribution is -2.61. The van der Waals surface area contributed by atoms with Gasteiger partial charge < -0.3 is 20.9 Å². The predicted octanol–water partition coefficient (Wildman–Crippen LogP) is 4.59. The second-order valence-electron chi connectivity index (χ2n) is 8.59. The lowest BCUT2D eigenvalue weighted by Gasteiger charge is -2.40. The van der Waals surface area contributed by atoms with Crippen molar-refractivity contribution in [2.75, 3.05) is 12.3 Å². The highest BCUT2D eigenvalue weighted by molar-refractivity contribution is 7.09. The molecule has 0 bridgehead atoms. The van der Waals surface area contributed by atoms with Gasteiger partial charge >= 0.3 is 12.2 Å². The number of carboxylic acid groups (broad SMARTS) is 1. The quantitative estimate of drug-likeness (QED) is 0.105. The van der Waals surface area contributed by atoms with Crippen molar-refractivity contribution in [3.05, 3.63) is 88.1 Å². The molecule has 10 heteroatoms. The Hall–Kier alpha value is -3.89. The van der Waals surface area contributed by atoms with E-state index in [2.05, 4.69) is 10.6 Å². The van der Waals surface area contributed by atoms with E-state index >= 15 is 0 Å². The maximum atomic E-state index is 12.5. The van der Waals surface area contributed by atoms with Crippen LogP contribution in [0.2, 0.25) is 0 Å². The van der Waals surface area contributed by atoms with Crippen LogP contribution in [0.25, 0.3) is 0 Å². The van der Waals surface area contributed by atoms with Crippen LogP contribution in [-0.2, 0) is 29.2 Å². The molecular weight excluding hydrogens is 492 g/mol. The molecule has 0 unspecified atom stereocenters. The molecule has 2 aromatic carbocycles. The summed E-state index contributed by atoms with van der Waals surface area (Å²) in [4.78, 5) is 39.1. The average Bonchev–Trinajstić information content (AvgIpc) is 3.41. The van der Waals surface area contributed by atoms with Crippen LogP contribution >= 0.6 is 11.3 Å². The predicted molar refractivity (Wildman–Crippen MR) is 143 cm³/mol. The lowest BCUT2D eigenvalue weighted by molar-refractivity contribution is -0.122. The molecule has 196 valence electrons. The number of thiophene rings is 1. The number of amides is 2. The number of anilines is 1. The zero-order valence-corrected chi connectivity index (χ0v) is 21.3. The van der Waals surface area contributed by atoms with Crippen molar-refractivity contribution in [3.8, 4) is 0 Å². The Labute approximate surface area is 220 Å². The number of nitrogen functional groups attached to an aromatic ring is 1. The van der Waals surface area contributed by atoms with Crippen LogP contribution in [-0.4, -0.2) is 40.7 Å². The van der Waals surface area contributed by atoms with Crippen molar-refractivity contribution < 1.29 is 24.2 Å². The standard InChI is InChI=1S/C27H32N4O5S/c28-23-12-10-21(11-13-23)17-31(18-24-9-6-16-37-24)27(20-32,30-25(33)34)14-4-5-15-29-26(35)36-19-22-7-2-1-3-8-22/h1-3,6-13,16,20,30H,4-5,14-15,17-19,28H2,(H,29,35)(H,33,34)/t27-/m1/s1. The molecular formula is C27H32N4O5S. The topological polar surface area (TPSA) is 134 Å². The van der Waals surface area contributed by atoms with Crippen LogP contribution in [0.5, 0.6) is 0 Å². The van der Waals surface area contributed by atoms with E-state index in [1.54, 1.807) is 12.1 Å². The van der Waals surface area contributed by atoms with Gasteiger partial charge in [0.25, 0.3) is 0 Å². The van der Waals surface area contributed by atoms with Crippen molar-refractivity contribution in [1.82, 2.24) is 15.5 Å². The molecule has 0 aliphatic carbocycles. The summed E-state index contributed by atoms with van der Waals surface area (Å²) in [6.45, 7) is 1.22. The van der Waals surface area contributed by atoms with Crippen LogP contribution in [0.3, 0.4) is 0 Å². The van der Waals surface area contributed by atoms with Crippen molar-refractivity contribution >= 4 is 35.5 Å². The number of benzene rings is 2. The summed E-state index contributed by atoms with van der Waals surface area (Å²) in [6.07, 6.45) is 0.0875. The number of aldehydes is 1. The summed E-state index contributed by atoms with van der Waals surface area (Å²) in [6, 6.07) is 20.5. The van der Waals surface area contributed by atoms with Crippen LogP contribution in [0.15, 0.2) is 72.1 Å². The summed E-state index contributed by atoms with van der Waals surface area (Å²) in [5, 5.41) is 16.7. The van der Waals surface area contributed by atoms with E-state index in [4.69, 9.17) is 10.5 Å². The van der Waals surface area contributed by atoms with Gasteiger partial charge in [0.05, 0.1) is 0 Å². The van der Waals surface area contributed by atoms with E-state index in [1.165, 1.54) is 11.3 Å². The van der Waals surface area contributed by atoms with Crippen molar-refractivity contribution in [2.24, 2.45) is 0 Å². The molecule has 0 aliphatic rings. The number of unbranched alkanes of at least 4 members (excludes halogenated alkanes) is 1. The van der Waals surface area contributed by atoms with Crippen molar-refractivity contribution in [3.63, 3.8) is 0 Å². The summed E-state index contributed by atoms with van der Waals surface area (Å²) in [5.41, 5.74) is 6.76. The fraction of sp³-hybridized carbons (Fsp3) is 0.296. The molecule has 0 aliphatic heterocycles. The van der Waals surface area contributed by atoms with E-state index in [0.29, 0.717) is 44.4 Å². The number of carbonyl (C=O) groups is 3. The molecule has 0 spiro atoms. The zero-order valence-electron chi connectivity index (χ0n) is 20.5. The fourth-order valence-corrected chi connectivity index (χ4v) is 4.62. The fourth-order valence-electron chi connectivity index (χ4n) is 3.90. The van der Waals surface area contributed by atoms with Crippen LogP contribution in [0.4, 0.5) is 15.3 Å². The first kappa shape index (κ1) is 27.7. The Balaban J connectivity index is 1.62. The zero-order chi connectivity index (χ0) is 26.5. The molecule has 5 N–H and O–H groups in total. The van der Waals surface area contributed by atoms with E-state index in [9.17, 15) is 19.5 Å². The third-order valence-corrected chi connectivity index (χ3v) is 6.69. The van der Waals surface area contributed by atoms with Crippen LogP contribution in [0, 0.1) is 0 Å². The molecule has 0 saturated heterocycles. The van der Waals surface area contributed by atoms with Gasteiger partial charge in [0.15, 0.2) is 11.9 Å². The average molecular weight is 525 g/mol. The van der Waals surface area contributed by atoms with E-state index < -0.39 is 17.8 Å². The van der Waals surface area contributed by atoms with Crippen LogP contribution in [0.1, 0.15) is 35.3 Å². The third kappa shape index (κ3) is 8.93. The molecule has 0 saturated carbocycles. The molecule has 1 aromatic heterocycles. The highest BCUT2D eigenvalue weighted by Gasteiger charge is 2.38. The van der Waals surface area contributed by atoms with Crippen molar-refractivity contribution in [2.45, 2.75) is 44.6 Å². The normalized spacial score (nSPS) is 12.5. The summed E-state index contributed by atoms with van der Waals surface area (Å²) >= 11 is 1.53. The Morgan fingerprint density at radius 2 is 1.76 bits per heavy atom. The SMILES string of the molecule is Nc1ccc(CN(Cc2cccs2)[C@@](C=O)(CCCCNC(=O)OCc2ccccc2)NC(=O)O)cc1. The molecule has 3 aromatic rings.